The van der Waals surface area contributed by atoms with Gasteiger partial charge in [-0.2, -0.15) is 11.8 Å². The number of nitrogens with zero attached hydrogens (tertiary/aromatic N) is 3. The second-order valence-electron chi connectivity index (χ2n) is 8.03. The molecule has 1 unspecified atom stereocenters. The second-order valence-corrected chi connectivity index (χ2v) is 9.42. The third-order valence-electron chi connectivity index (χ3n) is 5.82. The lowest BCUT2D eigenvalue weighted by Gasteiger charge is -2.27. The number of hydrogen-bond acceptors (Lipinski definition) is 5. The fraction of sp³-hybridized carbons (Fsp3) is 0.375. The first-order chi connectivity index (χ1) is 16.1. The van der Waals surface area contributed by atoms with Gasteiger partial charge >= 0.3 is 0 Å². The summed E-state index contributed by atoms with van der Waals surface area (Å²) in [5, 5.41) is 3.30. The number of benzene rings is 2. The van der Waals surface area contributed by atoms with Gasteiger partial charge in [0.15, 0.2) is 0 Å². The summed E-state index contributed by atoms with van der Waals surface area (Å²) in [6, 6.07) is 14.3. The number of fused-ring (bicyclic) bond motifs is 1. The molecule has 7 nitrogen and oxygen atoms in total. The number of amides is 2. The van der Waals surface area contributed by atoms with Crippen molar-refractivity contribution in [1.29, 1.82) is 0 Å². The van der Waals surface area contributed by atoms with E-state index in [0.717, 1.165) is 35.7 Å². The Kier molecular flexibility index (Phi) is 7.77. The van der Waals surface area contributed by atoms with Crippen LogP contribution in [-0.2, 0) is 4.79 Å². The minimum absolute atomic E-state index is 0.0455. The molecule has 0 saturated carbocycles. The van der Waals surface area contributed by atoms with Crippen LogP contribution in [0, 0.1) is 0 Å². The quantitative estimate of drug-likeness (QED) is 0.532. The molecular weight excluding hydrogens is 458 g/mol. The van der Waals surface area contributed by atoms with Gasteiger partial charge in [0.25, 0.3) is 5.91 Å². The van der Waals surface area contributed by atoms with Crippen LogP contribution in [0.4, 0.5) is 5.95 Å². The molecule has 1 aliphatic heterocycles. The van der Waals surface area contributed by atoms with Crippen LogP contribution < -0.4 is 10.2 Å². The second kappa shape index (κ2) is 10.9. The van der Waals surface area contributed by atoms with Crippen molar-refractivity contribution in [1.82, 2.24) is 20.2 Å². The van der Waals surface area contributed by atoms with Gasteiger partial charge in [-0.1, -0.05) is 35.9 Å². The summed E-state index contributed by atoms with van der Waals surface area (Å²) in [4.78, 5) is 38.4. The minimum Gasteiger partial charge on any atom is -0.341 e. The average molecular weight is 486 g/mol. The van der Waals surface area contributed by atoms with Crippen molar-refractivity contribution >= 4 is 52.2 Å². The molecule has 1 atom stereocenters. The van der Waals surface area contributed by atoms with Gasteiger partial charge in [-0.15, -0.1) is 0 Å². The molecule has 4 rings (SSSR count). The van der Waals surface area contributed by atoms with Crippen LogP contribution >= 0.6 is 23.4 Å². The van der Waals surface area contributed by atoms with E-state index in [0.29, 0.717) is 36.6 Å². The van der Waals surface area contributed by atoms with Crippen molar-refractivity contribution in [3.63, 3.8) is 0 Å². The van der Waals surface area contributed by atoms with Crippen LogP contribution in [0.2, 0.25) is 5.02 Å². The van der Waals surface area contributed by atoms with Gasteiger partial charge in [0.1, 0.15) is 6.04 Å². The number of rotatable bonds is 7. The average Bonchev–Trinajstić information content (AvgIpc) is 3.11. The van der Waals surface area contributed by atoms with Crippen LogP contribution in [-0.4, -0.2) is 70.9 Å². The third kappa shape index (κ3) is 5.62. The van der Waals surface area contributed by atoms with Crippen molar-refractivity contribution in [3.05, 3.63) is 59.1 Å². The van der Waals surface area contributed by atoms with Crippen LogP contribution in [0.5, 0.6) is 0 Å². The maximum atomic E-state index is 13.4. The Morgan fingerprint density at radius 1 is 1.12 bits per heavy atom. The molecular formula is C24H28ClN5O2S. The Hall–Kier alpha value is -2.71. The molecule has 2 heterocycles. The molecule has 2 amide bonds. The lowest BCUT2D eigenvalue weighted by molar-refractivity contribution is -0.133. The van der Waals surface area contributed by atoms with E-state index in [9.17, 15) is 9.59 Å². The summed E-state index contributed by atoms with van der Waals surface area (Å²) < 4.78 is 0. The standard InChI is InChI=1S/C24H28ClN5O2S/c1-33-16-11-21(26-22(31)17-7-2-3-8-18(17)25)23(32)29-12-6-13-30(15-14-29)24-27-19-9-4-5-10-20(19)28-24/h2-5,7-10,21H,6,11-16H2,1H3,(H,26,31)(H,27,28). The van der Waals surface area contributed by atoms with Crippen molar-refractivity contribution in [2.24, 2.45) is 0 Å². The van der Waals surface area contributed by atoms with E-state index in [-0.39, 0.29) is 11.8 Å². The molecule has 0 aliphatic carbocycles. The minimum atomic E-state index is -0.584. The molecule has 2 N–H and O–H groups in total. The summed E-state index contributed by atoms with van der Waals surface area (Å²) in [6.45, 7) is 2.71. The normalized spacial score (nSPS) is 15.3. The highest BCUT2D eigenvalue weighted by molar-refractivity contribution is 7.98. The lowest BCUT2D eigenvalue weighted by atomic mass is 10.1. The largest absolute Gasteiger partial charge is 0.341 e. The zero-order valence-electron chi connectivity index (χ0n) is 18.6. The maximum absolute atomic E-state index is 13.4. The summed E-state index contributed by atoms with van der Waals surface area (Å²) in [6.07, 6.45) is 3.39. The Bertz CT molecular complexity index is 1090. The number of imidazole rings is 1. The monoisotopic (exact) mass is 485 g/mol. The van der Waals surface area contributed by atoms with Gasteiger partial charge < -0.3 is 20.1 Å². The number of anilines is 1. The first kappa shape index (κ1) is 23.4. The van der Waals surface area contributed by atoms with E-state index in [1.165, 1.54) is 0 Å². The van der Waals surface area contributed by atoms with Crippen molar-refractivity contribution < 1.29 is 9.59 Å². The number of H-pyrrole nitrogens is 1. The first-order valence-electron chi connectivity index (χ1n) is 11.1. The Morgan fingerprint density at radius 2 is 1.91 bits per heavy atom. The van der Waals surface area contributed by atoms with Crippen LogP contribution in [0.25, 0.3) is 11.0 Å². The molecule has 0 spiro atoms. The van der Waals surface area contributed by atoms with E-state index >= 15 is 0 Å². The van der Waals surface area contributed by atoms with Crippen LogP contribution in [0.15, 0.2) is 48.5 Å². The van der Waals surface area contributed by atoms with Gasteiger partial charge in [0, 0.05) is 26.2 Å². The number of thioether (sulfide) groups is 1. The number of carbonyl (C=O) groups excluding carboxylic acids is 2. The molecule has 33 heavy (non-hydrogen) atoms. The number of carbonyl (C=O) groups is 2. The molecule has 3 aromatic rings. The summed E-state index contributed by atoms with van der Waals surface area (Å²) in [7, 11) is 0. The Morgan fingerprint density at radius 3 is 2.70 bits per heavy atom. The van der Waals surface area contributed by atoms with Crippen molar-refractivity contribution in [2.75, 3.05) is 43.1 Å². The van der Waals surface area contributed by atoms with E-state index in [4.69, 9.17) is 16.6 Å². The zero-order valence-corrected chi connectivity index (χ0v) is 20.2. The highest BCUT2D eigenvalue weighted by Gasteiger charge is 2.28. The number of aromatic amines is 1. The molecule has 174 valence electrons. The van der Waals surface area contributed by atoms with E-state index in [1.807, 2.05) is 35.4 Å². The van der Waals surface area contributed by atoms with E-state index < -0.39 is 6.04 Å². The SMILES string of the molecule is CSCCC(NC(=O)c1ccccc1Cl)C(=O)N1CCCN(c2nc3ccccc3[nH]2)CC1. The van der Waals surface area contributed by atoms with E-state index in [1.54, 1.807) is 36.0 Å². The van der Waals surface area contributed by atoms with Crippen LogP contribution in [0.1, 0.15) is 23.2 Å². The predicted octanol–water partition coefficient (Wildman–Crippen LogP) is 3.81. The molecule has 2 aromatic carbocycles. The third-order valence-corrected chi connectivity index (χ3v) is 6.79. The summed E-state index contributed by atoms with van der Waals surface area (Å²) in [5.41, 5.74) is 2.32. The molecule has 0 radical (unpaired) electrons. The number of halogens is 1. The summed E-state index contributed by atoms with van der Waals surface area (Å²) >= 11 is 7.84. The van der Waals surface area contributed by atoms with Gasteiger partial charge in [-0.3, -0.25) is 9.59 Å². The number of para-hydroxylation sites is 2. The highest BCUT2D eigenvalue weighted by atomic mass is 35.5. The topological polar surface area (TPSA) is 81.3 Å². The predicted molar refractivity (Wildman–Crippen MR) is 135 cm³/mol. The molecule has 1 fully saturated rings. The molecule has 1 saturated heterocycles. The smallest absolute Gasteiger partial charge is 0.253 e. The van der Waals surface area contributed by atoms with Gasteiger partial charge in [0.05, 0.1) is 21.6 Å². The van der Waals surface area contributed by atoms with Crippen molar-refractivity contribution in [2.45, 2.75) is 18.9 Å². The molecule has 1 aromatic heterocycles. The number of hydrogen-bond donors (Lipinski definition) is 2. The zero-order chi connectivity index (χ0) is 23.2. The van der Waals surface area contributed by atoms with Gasteiger partial charge in [0.2, 0.25) is 11.9 Å². The Balaban J connectivity index is 1.43. The Labute approximate surface area is 202 Å². The molecule has 9 heteroatoms. The maximum Gasteiger partial charge on any atom is 0.253 e. The van der Waals surface area contributed by atoms with Crippen molar-refractivity contribution in [3.8, 4) is 0 Å². The van der Waals surface area contributed by atoms with Crippen LogP contribution in [0.3, 0.4) is 0 Å². The number of nitrogens with one attached hydrogen (secondary N) is 2. The first-order valence-corrected chi connectivity index (χ1v) is 12.9. The van der Waals surface area contributed by atoms with E-state index in [2.05, 4.69) is 15.2 Å². The van der Waals surface area contributed by atoms with Gasteiger partial charge in [-0.05, 0) is 49.1 Å². The molecule has 1 aliphatic rings. The summed E-state index contributed by atoms with van der Waals surface area (Å²) in [5.74, 6) is 1.24. The fourth-order valence-corrected chi connectivity index (χ4v) is 4.73. The highest BCUT2D eigenvalue weighted by Crippen LogP contribution is 2.19. The molecule has 0 bridgehead atoms. The van der Waals surface area contributed by atoms with Gasteiger partial charge in [-0.25, -0.2) is 4.98 Å². The number of aromatic nitrogens is 2. The lowest BCUT2D eigenvalue weighted by Crippen LogP contribution is -2.50. The fourth-order valence-electron chi connectivity index (χ4n) is 4.03.